The quantitative estimate of drug-likeness (QED) is 0.370. The molecule has 0 spiro atoms. The lowest BCUT2D eigenvalue weighted by molar-refractivity contribution is -0.122. The fraction of sp³-hybridized carbons (Fsp3) is 0.483. The monoisotopic (exact) mass is 581 g/mol. The fourth-order valence-electron chi connectivity index (χ4n) is 5.61. The summed E-state index contributed by atoms with van der Waals surface area (Å²) in [6, 6.07) is 6.01. The Bertz CT molecular complexity index is 1320. The fourth-order valence-corrected chi connectivity index (χ4v) is 6.15. The maximum Gasteiger partial charge on any atom is 0.220 e. The maximum atomic E-state index is 12.5. The Morgan fingerprint density at radius 3 is 2.89 bits per heavy atom. The standard InChI is InChI=1S/C29H36BrN5O3/c1-37-23-14-13-20(24(16-23)38-2)17-31-28-26-27(30)34-29-19-9-8-10-21(15-19)33-25(36)12-7-5-3-4-6-11-22(18-32-28)35(26)29/h6,11,13-14,16,18-19,21H,3-5,7-10,12,15,17H2,1-2H3,(H,31,32)(H,33,36)/b11-6+/t19-,21?/m1/s1. The molecule has 1 aliphatic carbocycles. The summed E-state index contributed by atoms with van der Waals surface area (Å²) < 4.78 is 13.9. The van der Waals surface area contributed by atoms with Gasteiger partial charge in [0.05, 0.1) is 26.1 Å². The molecule has 2 bridgehead atoms. The molecule has 38 heavy (non-hydrogen) atoms. The molecule has 2 N–H and O–H groups in total. The molecule has 8 nitrogen and oxygen atoms in total. The third kappa shape index (κ3) is 5.82. The summed E-state index contributed by atoms with van der Waals surface area (Å²) in [6.07, 6.45) is 15.0. The molecule has 5 rings (SSSR count). The molecule has 1 fully saturated rings. The summed E-state index contributed by atoms with van der Waals surface area (Å²) in [5, 5.41) is 6.82. The molecule has 3 aromatic rings. The van der Waals surface area contributed by atoms with Gasteiger partial charge >= 0.3 is 0 Å². The number of fused-ring (bicyclic) bond motifs is 3. The van der Waals surface area contributed by atoms with Crippen molar-refractivity contribution in [3.8, 4) is 11.5 Å². The van der Waals surface area contributed by atoms with E-state index in [0.29, 0.717) is 13.0 Å². The van der Waals surface area contributed by atoms with Crippen molar-refractivity contribution in [3.05, 3.63) is 52.2 Å². The minimum absolute atomic E-state index is 0.181. The number of hydrogen-bond donors (Lipinski definition) is 2. The lowest BCUT2D eigenvalue weighted by atomic mass is 9.85. The summed E-state index contributed by atoms with van der Waals surface area (Å²) >= 11 is 3.75. The number of nitrogens with zero attached hydrogens (tertiary/aromatic N) is 3. The number of rotatable bonds is 5. The van der Waals surface area contributed by atoms with Crippen molar-refractivity contribution in [1.82, 2.24) is 19.7 Å². The van der Waals surface area contributed by atoms with Crippen LogP contribution < -0.4 is 20.1 Å². The van der Waals surface area contributed by atoms with Crippen molar-refractivity contribution in [2.45, 2.75) is 76.3 Å². The molecule has 1 aliphatic heterocycles. The molecule has 1 saturated carbocycles. The van der Waals surface area contributed by atoms with Crippen molar-refractivity contribution < 1.29 is 14.3 Å². The number of benzene rings is 1. The van der Waals surface area contributed by atoms with Gasteiger partial charge in [-0.25, -0.2) is 9.97 Å². The highest BCUT2D eigenvalue weighted by Crippen LogP contribution is 2.37. The number of aromatic nitrogens is 3. The van der Waals surface area contributed by atoms with E-state index >= 15 is 0 Å². The van der Waals surface area contributed by atoms with Crippen molar-refractivity contribution in [3.63, 3.8) is 0 Å². The molecule has 0 radical (unpaired) electrons. The SMILES string of the molecule is COc1ccc(CNc2ncc3n4c(nc(Br)c24)[C@@H]2CCCC(C2)NC(=O)CCCCC/C=C/3)c(OC)c1. The minimum Gasteiger partial charge on any atom is -0.497 e. The number of nitrogens with one attached hydrogen (secondary N) is 2. The van der Waals surface area contributed by atoms with Gasteiger partial charge in [-0.3, -0.25) is 9.20 Å². The van der Waals surface area contributed by atoms with Crippen LogP contribution in [0.3, 0.4) is 0 Å². The molecule has 1 aromatic carbocycles. The topological polar surface area (TPSA) is 89.8 Å². The number of carbonyl (C=O) groups excluding carboxylic acids is 1. The Balaban J connectivity index is 1.51. The first kappa shape index (κ1) is 26.5. The number of anilines is 1. The highest BCUT2D eigenvalue weighted by Gasteiger charge is 2.29. The zero-order valence-electron chi connectivity index (χ0n) is 22.1. The molecule has 2 aliphatic rings. The van der Waals surface area contributed by atoms with Gasteiger partial charge < -0.3 is 20.1 Å². The molecular weight excluding hydrogens is 546 g/mol. The predicted molar refractivity (Wildman–Crippen MR) is 153 cm³/mol. The van der Waals surface area contributed by atoms with Crippen LogP contribution in [-0.2, 0) is 11.3 Å². The summed E-state index contributed by atoms with van der Waals surface area (Å²) in [7, 11) is 3.31. The number of halogens is 1. The van der Waals surface area contributed by atoms with Gasteiger partial charge in [-0.05, 0) is 72.7 Å². The minimum atomic E-state index is 0.181. The third-order valence-corrected chi connectivity index (χ3v) is 8.13. The molecular formula is C29H36BrN5O3. The van der Waals surface area contributed by atoms with Crippen LogP contribution in [0.15, 0.2) is 35.1 Å². The average molecular weight is 583 g/mol. The van der Waals surface area contributed by atoms with Gasteiger partial charge in [-0.2, -0.15) is 0 Å². The first-order chi connectivity index (χ1) is 18.6. The molecule has 0 saturated heterocycles. The Morgan fingerprint density at radius 1 is 1.16 bits per heavy atom. The Morgan fingerprint density at radius 2 is 2.05 bits per heavy atom. The van der Waals surface area contributed by atoms with Crippen molar-refractivity contribution >= 4 is 39.2 Å². The Kier molecular flexibility index (Phi) is 8.51. The zero-order valence-corrected chi connectivity index (χ0v) is 23.7. The lowest BCUT2D eigenvalue weighted by Crippen LogP contribution is -2.38. The predicted octanol–water partition coefficient (Wildman–Crippen LogP) is 6.24. The van der Waals surface area contributed by atoms with E-state index in [2.05, 4.69) is 43.1 Å². The van der Waals surface area contributed by atoms with E-state index < -0.39 is 0 Å². The molecule has 202 valence electrons. The Hall–Kier alpha value is -3.07. The van der Waals surface area contributed by atoms with Crippen LogP contribution in [-0.4, -0.2) is 40.5 Å². The summed E-state index contributed by atoms with van der Waals surface area (Å²) in [5.41, 5.74) is 2.94. The normalized spacial score (nSPS) is 21.2. The van der Waals surface area contributed by atoms with Crippen LogP contribution >= 0.6 is 15.9 Å². The number of imidazole rings is 1. The van der Waals surface area contributed by atoms with Gasteiger partial charge in [-0.1, -0.05) is 18.9 Å². The highest BCUT2D eigenvalue weighted by atomic mass is 79.9. The Labute approximate surface area is 232 Å². The largest absolute Gasteiger partial charge is 0.497 e. The van der Waals surface area contributed by atoms with E-state index in [4.69, 9.17) is 19.4 Å². The van der Waals surface area contributed by atoms with Crippen molar-refractivity contribution in [2.75, 3.05) is 19.5 Å². The van der Waals surface area contributed by atoms with Gasteiger partial charge in [0.1, 0.15) is 27.4 Å². The van der Waals surface area contributed by atoms with Gasteiger partial charge in [-0.15, -0.1) is 0 Å². The highest BCUT2D eigenvalue weighted by molar-refractivity contribution is 9.10. The third-order valence-electron chi connectivity index (χ3n) is 7.58. The van der Waals surface area contributed by atoms with Crippen LogP contribution in [0.1, 0.15) is 80.8 Å². The first-order valence-electron chi connectivity index (χ1n) is 13.5. The van der Waals surface area contributed by atoms with E-state index in [1.54, 1.807) is 14.2 Å². The van der Waals surface area contributed by atoms with Gasteiger partial charge in [0.2, 0.25) is 5.91 Å². The second kappa shape index (κ2) is 12.2. The van der Waals surface area contributed by atoms with Crippen molar-refractivity contribution in [1.29, 1.82) is 0 Å². The lowest BCUT2D eigenvalue weighted by Gasteiger charge is -2.29. The number of methoxy groups -OCH3 is 2. The summed E-state index contributed by atoms with van der Waals surface area (Å²) in [4.78, 5) is 22.4. The summed E-state index contributed by atoms with van der Waals surface area (Å²) in [6.45, 7) is 0.537. The van der Waals surface area contributed by atoms with Crippen molar-refractivity contribution in [2.24, 2.45) is 0 Å². The second-order valence-corrected chi connectivity index (χ2v) is 10.9. The van der Waals surface area contributed by atoms with Gasteiger partial charge in [0.25, 0.3) is 0 Å². The first-order valence-corrected chi connectivity index (χ1v) is 14.3. The number of amides is 1. The van der Waals surface area contributed by atoms with E-state index in [0.717, 1.165) is 95.9 Å². The van der Waals surface area contributed by atoms with E-state index in [9.17, 15) is 4.79 Å². The molecule has 2 atom stereocenters. The van der Waals surface area contributed by atoms with Crippen LogP contribution in [0.5, 0.6) is 11.5 Å². The van der Waals surface area contributed by atoms with Crippen LogP contribution in [0.25, 0.3) is 11.6 Å². The molecule has 3 heterocycles. The average Bonchev–Trinajstić information content (AvgIpc) is 3.29. The van der Waals surface area contributed by atoms with Crippen LogP contribution in [0.2, 0.25) is 0 Å². The van der Waals surface area contributed by atoms with Gasteiger partial charge in [0.15, 0.2) is 5.82 Å². The number of allylic oxidation sites excluding steroid dienone is 1. The maximum absolute atomic E-state index is 12.5. The molecule has 1 unspecified atom stereocenters. The molecule has 1 amide bonds. The van der Waals surface area contributed by atoms with E-state index in [1.807, 2.05) is 24.4 Å². The number of hydrogen-bond acceptors (Lipinski definition) is 6. The van der Waals surface area contributed by atoms with E-state index in [-0.39, 0.29) is 17.9 Å². The van der Waals surface area contributed by atoms with E-state index in [1.165, 1.54) is 0 Å². The van der Waals surface area contributed by atoms with Crippen LogP contribution in [0.4, 0.5) is 5.82 Å². The second-order valence-electron chi connectivity index (χ2n) is 10.1. The smallest absolute Gasteiger partial charge is 0.220 e. The molecule has 9 heteroatoms. The van der Waals surface area contributed by atoms with Crippen LogP contribution in [0, 0.1) is 0 Å². The molecule has 2 aromatic heterocycles. The zero-order chi connectivity index (χ0) is 26.5. The van der Waals surface area contributed by atoms with Gasteiger partial charge in [0, 0.05) is 36.6 Å². The summed E-state index contributed by atoms with van der Waals surface area (Å²) in [5.74, 6) is 3.72. The number of carbonyl (C=O) groups is 1. The number of ether oxygens (including phenoxy) is 2.